The van der Waals surface area contributed by atoms with Gasteiger partial charge in [0.05, 0.1) is 12.8 Å². The Morgan fingerprint density at radius 3 is 2.43 bits per heavy atom. The second-order valence-electron chi connectivity index (χ2n) is 5.92. The van der Waals surface area contributed by atoms with Crippen LogP contribution in [0.3, 0.4) is 0 Å². The highest BCUT2D eigenvalue weighted by Crippen LogP contribution is 2.23. The SMILES string of the molecule is COc1ccc(Cl)cc1COC(=O)c1nn(-c2ccc(Cl)cc2)c(C)cc1=O. The smallest absolute Gasteiger partial charge is 0.363 e. The molecule has 0 aliphatic carbocycles. The van der Waals surface area contributed by atoms with Crippen molar-refractivity contribution in [3.8, 4) is 11.4 Å². The Labute approximate surface area is 171 Å². The lowest BCUT2D eigenvalue weighted by molar-refractivity contribution is 0.0459. The highest BCUT2D eigenvalue weighted by Gasteiger charge is 2.18. The first kappa shape index (κ1) is 19.9. The van der Waals surface area contributed by atoms with E-state index in [2.05, 4.69) is 5.10 Å². The third-order valence-corrected chi connectivity index (χ3v) is 4.46. The fraction of sp³-hybridized carbons (Fsp3) is 0.150. The monoisotopic (exact) mass is 418 g/mol. The number of esters is 1. The van der Waals surface area contributed by atoms with Crippen LogP contribution in [0.15, 0.2) is 53.3 Å². The zero-order valence-electron chi connectivity index (χ0n) is 15.1. The molecule has 0 saturated carbocycles. The maximum Gasteiger partial charge on any atom is 0.363 e. The van der Waals surface area contributed by atoms with Gasteiger partial charge >= 0.3 is 5.97 Å². The number of halogens is 2. The summed E-state index contributed by atoms with van der Waals surface area (Å²) in [6.45, 7) is 1.60. The number of rotatable bonds is 5. The van der Waals surface area contributed by atoms with Crippen molar-refractivity contribution in [1.29, 1.82) is 0 Å². The first-order valence-electron chi connectivity index (χ1n) is 8.25. The molecule has 0 aliphatic heterocycles. The number of hydrogen-bond donors (Lipinski definition) is 0. The molecule has 0 fully saturated rings. The fourth-order valence-corrected chi connectivity index (χ4v) is 2.92. The van der Waals surface area contributed by atoms with Crippen LogP contribution in [0.25, 0.3) is 5.69 Å². The summed E-state index contributed by atoms with van der Waals surface area (Å²) >= 11 is 11.9. The van der Waals surface area contributed by atoms with Crippen molar-refractivity contribution in [2.45, 2.75) is 13.5 Å². The number of hydrogen-bond acceptors (Lipinski definition) is 5. The van der Waals surface area contributed by atoms with E-state index in [1.165, 1.54) is 17.9 Å². The van der Waals surface area contributed by atoms with Crippen LogP contribution in [0.4, 0.5) is 0 Å². The van der Waals surface area contributed by atoms with E-state index in [-0.39, 0.29) is 12.3 Å². The number of aromatic nitrogens is 2. The van der Waals surface area contributed by atoms with E-state index in [9.17, 15) is 9.59 Å². The van der Waals surface area contributed by atoms with Gasteiger partial charge in [-0.15, -0.1) is 0 Å². The Kier molecular flexibility index (Phi) is 6.02. The number of carbonyl (C=O) groups is 1. The molecule has 144 valence electrons. The van der Waals surface area contributed by atoms with Gasteiger partial charge in [0.25, 0.3) is 0 Å². The molecule has 8 heteroatoms. The van der Waals surface area contributed by atoms with Crippen molar-refractivity contribution < 1.29 is 14.3 Å². The molecule has 0 unspecified atom stereocenters. The van der Waals surface area contributed by atoms with Crippen molar-refractivity contribution in [3.05, 3.63) is 85.8 Å². The molecule has 0 amide bonds. The summed E-state index contributed by atoms with van der Waals surface area (Å²) in [4.78, 5) is 24.7. The average Bonchev–Trinajstić information content (AvgIpc) is 2.67. The largest absolute Gasteiger partial charge is 0.496 e. The third-order valence-electron chi connectivity index (χ3n) is 3.97. The minimum atomic E-state index is -0.838. The summed E-state index contributed by atoms with van der Waals surface area (Å²) in [7, 11) is 1.50. The normalized spacial score (nSPS) is 10.6. The zero-order valence-corrected chi connectivity index (χ0v) is 16.6. The summed E-state index contributed by atoms with van der Waals surface area (Å²) in [5.74, 6) is -0.317. The maximum absolute atomic E-state index is 12.5. The van der Waals surface area contributed by atoms with E-state index >= 15 is 0 Å². The van der Waals surface area contributed by atoms with Crippen molar-refractivity contribution in [2.75, 3.05) is 7.11 Å². The molecule has 0 bridgehead atoms. The van der Waals surface area contributed by atoms with E-state index in [4.69, 9.17) is 32.7 Å². The first-order chi connectivity index (χ1) is 13.4. The Hall–Kier alpha value is -2.83. The number of carbonyl (C=O) groups excluding carboxylic acids is 1. The molecule has 1 heterocycles. The number of methoxy groups -OCH3 is 1. The lowest BCUT2D eigenvalue weighted by Gasteiger charge is -2.12. The molecular formula is C20H16Cl2N2O4. The van der Waals surface area contributed by atoms with E-state index in [0.29, 0.717) is 32.7 Å². The fourth-order valence-electron chi connectivity index (χ4n) is 2.60. The molecule has 0 aliphatic rings. The predicted molar refractivity (Wildman–Crippen MR) is 107 cm³/mol. The van der Waals surface area contributed by atoms with Crippen molar-refractivity contribution in [1.82, 2.24) is 9.78 Å². The van der Waals surface area contributed by atoms with Crippen LogP contribution in [-0.4, -0.2) is 22.9 Å². The second kappa shape index (κ2) is 8.46. The van der Waals surface area contributed by atoms with Gasteiger partial charge in [0.1, 0.15) is 12.4 Å². The zero-order chi connectivity index (χ0) is 20.3. The molecule has 28 heavy (non-hydrogen) atoms. The predicted octanol–water partition coefficient (Wildman–Crippen LogP) is 4.21. The van der Waals surface area contributed by atoms with Gasteiger partial charge in [-0.2, -0.15) is 5.10 Å². The summed E-state index contributed by atoms with van der Waals surface area (Å²) in [6, 6.07) is 13.2. The van der Waals surface area contributed by atoms with Gasteiger partial charge in [-0.05, 0) is 49.4 Å². The van der Waals surface area contributed by atoms with E-state index < -0.39 is 11.4 Å². The quantitative estimate of drug-likeness (QED) is 0.580. The van der Waals surface area contributed by atoms with Crippen LogP contribution in [-0.2, 0) is 11.3 Å². The van der Waals surface area contributed by atoms with Gasteiger partial charge in [-0.1, -0.05) is 23.2 Å². The second-order valence-corrected chi connectivity index (χ2v) is 6.79. The minimum absolute atomic E-state index is 0.113. The van der Waals surface area contributed by atoms with Gasteiger partial charge in [0.2, 0.25) is 11.1 Å². The Balaban J connectivity index is 1.88. The summed E-state index contributed by atoms with van der Waals surface area (Å²) in [5.41, 5.74) is 0.966. The van der Waals surface area contributed by atoms with Crippen molar-refractivity contribution in [3.63, 3.8) is 0 Å². The van der Waals surface area contributed by atoms with Gasteiger partial charge in [-0.3, -0.25) is 4.79 Å². The molecule has 3 aromatic rings. The van der Waals surface area contributed by atoms with E-state index in [0.717, 1.165) is 0 Å². The van der Waals surface area contributed by atoms with Crippen LogP contribution >= 0.6 is 23.2 Å². The van der Waals surface area contributed by atoms with E-state index in [1.54, 1.807) is 49.4 Å². The lowest BCUT2D eigenvalue weighted by Crippen LogP contribution is -2.24. The van der Waals surface area contributed by atoms with Gasteiger partial charge in [0, 0.05) is 27.4 Å². The third kappa shape index (κ3) is 4.35. The number of aryl methyl sites for hydroxylation is 1. The Bertz CT molecular complexity index is 1080. The Morgan fingerprint density at radius 1 is 1.07 bits per heavy atom. The molecule has 0 saturated heterocycles. The van der Waals surface area contributed by atoms with Crippen LogP contribution in [0, 0.1) is 6.92 Å². The molecule has 1 aromatic heterocycles. The van der Waals surface area contributed by atoms with Crippen molar-refractivity contribution in [2.24, 2.45) is 0 Å². The summed E-state index contributed by atoms with van der Waals surface area (Å²) in [5, 5.41) is 5.22. The topological polar surface area (TPSA) is 70.4 Å². The van der Waals surface area contributed by atoms with Gasteiger partial charge < -0.3 is 9.47 Å². The molecule has 0 atom stereocenters. The first-order valence-corrected chi connectivity index (χ1v) is 9.01. The highest BCUT2D eigenvalue weighted by atomic mass is 35.5. The molecular weight excluding hydrogens is 403 g/mol. The number of nitrogens with zero attached hydrogens (tertiary/aromatic N) is 2. The highest BCUT2D eigenvalue weighted by molar-refractivity contribution is 6.30. The van der Waals surface area contributed by atoms with Crippen molar-refractivity contribution >= 4 is 29.2 Å². The molecule has 6 nitrogen and oxygen atoms in total. The molecule has 0 radical (unpaired) electrons. The lowest BCUT2D eigenvalue weighted by atomic mass is 10.2. The van der Waals surface area contributed by atoms with Gasteiger partial charge in [0.15, 0.2) is 0 Å². The summed E-state index contributed by atoms with van der Waals surface area (Å²) < 4.78 is 12.0. The molecule has 2 aromatic carbocycles. The molecule has 0 spiro atoms. The number of benzene rings is 2. The minimum Gasteiger partial charge on any atom is -0.496 e. The maximum atomic E-state index is 12.5. The van der Waals surface area contributed by atoms with Crippen LogP contribution in [0.2, 0.25) is 10.0 Å². The van der Waals surface area contributed by atoms with Crippen LogP contribution in [0.5, 0.6) is 5.75 Å². The Morgan fingerprint density at radius 2 is 1.75 bits per heavy atom. The summed E-state index contributed by atoms with van der Waals surface area (Å²) in [6.07, 6.45) is 0. The van der Waals surface area contributed by atoms with Crippen LogP contribution < -0.4 is 10.2 Å². The molecule has 0 N–H and O–H groups in total. The van der Waals surface area contributed by atoms with E-state index in [1.807, 2.05) is 0 Å². The average molecular weight is 419 g/mol. The number of ether oxygens (including phenoxy) is 2. The molecule has 3 rings (SSSR count). The standard InChI is InChI=1S/C20H16Cl2N2O4/c1-12-9-17(25)19(23-24(12)16-6-3-14(21)4-7-16)20(26)28-11-13-10-15(22)5-8-18(13)27-2/h3-10H,11H2,1-2H3. The van der Waals surface area contributed by atoms with Crippen LogP contribution in [0.1, 0.15) is 21.7 Å². The van der Waals surface area contributed by atoms with Gasteiger partial charge in [-0.25, -0.2) is 9.48 Å².